The highest BCUT2D eigenvalue weighted by Crippen LogP contribution is 2.22. The molecule has 0 spiro atoms. The molecule has 4 rings (SSSR count). The minimum Gasteiger partial charge on any atom is -0.236 e. The fourth-order valence-corrected chi connectivity index (χ4v) is 4.05. The zero-order chi connectivity index (χ0) is 19.8. The fourth-order valence-electron chi connectivity index (χ4n) is 4.05. The molecule has 2 aromatic heterocycles. The van der Waals surface area contributed by atoms with Crippen LogP contribution in [0, 0.1) is 34.6 Å². The van der Waals surface area contributed by atoms with Crippen LogP contribution >= 0.6 is 0 Å². The molecule has 0 N–H and O–H groups in total. The van der Waals surface area contributed by atoms with Crippen LogP contribution in [0.25, 0.3) is 22.6 Å². The number of nitrogens with zero attached hydrogens (tertiary/aromatic N) is 3. The van der Waals surface area contributed by atoms with E-state index in [0.717, 1.165) is 11.4 Å². The van der Waals surface area contributed by atoms with Gasteiger partial charge < -0.3 is 0 Å². The van der Waals surface area contributed by atoms with E-state index in [1.54, 1.807) is 0 Å². The normalized spacial score (nSPS) is 11.0. The predicted molar refractivity (Wildman–Crippen MR) is 114 cm³/mol. The van der Waals surface area contributed by atoms with Crippen molar-refractivity contribution in [3.63, 3.8) is 0 Å². The quantitative estimate of drug-likeness (QED) is 0.446. The minimum absolute atomic E-state index is 0.911. The minimum atomic E-state index is 0.911. The fraction of sp³-hybridized carbons (Fsp3) is 0.200. The summed E-state index contributed by atoms with van der Waals surface area (Å²) >= 11 is 0. The lowest BCUT2D eigenvalue weighted by molar-refractivity contribution is -0.598. The SMILES string of the molecule is Cc1cc(C)cc(-c2ccc(-[n+]3ccn(-c4c(C)cc(C)cc4C)c3)nc2)c1. The van der Waals surface area contributed by atoms with E-state index in [9.17, 15) is 0 Å². The average Bonchev–Trinajstić information content (AvgIpc) is 3.10. The van der Waals surface area contributed by atoms with Crippen LogP contribution in [0.15, 0.2) is 67.4 Å². The summed E-state index contributed by atoms with van der Waals surface area (Å²) in [6.45, 7) is 10.7. The molecule has 0 saturated heterocycles. The molecule has 0 aliphatic rings. The Kier molecular flexibility index (Phi) is 4.60. The Morgan fingerprint density at radius 1 is 0.750 bits per heavy atom. The first kappa shape index (κ1) is 18.2. The lowest BCUT2D eigenvalue weighted by Gasteiger charge is -2.08. The van der Waals surface area contributed by atoms with Crippen LogP contribution in [0.5, 0.6) is 0 Å². The molecule has 0 atom stereocenters. The second-order valence-electron chi connectivity index (χ2n) is 7.76. The van der Waals surface area contributed by atoms with Gasteiger partial charge in [0.1, 0.15) is 18.1 Å². The van der Waals surface area contributed by atoms with Gasteiger partial charge in [0.15, 0.2) is 6.33 Å². The van der Waals surface area contributed by atoms with Crippen molar-refractivity contribution in [2.45, 2.75) is 34.6 Å². The summed E-state index contributed by atoms with van der Waals surface area (Å²) in [6, 6.07) is 15.3. The van der Waals surface area contributed by atoms with Crippen molar-refractivity contribution in [1.82, 2.24) is 9.55 Å². The van der Waals surface area contributed by atoms with Crippen LogP contribution in [-0.4, -0.2) is 9.55 Å². The number of benzene rings is 2. The number of aromatic nitrogens is 3. The lowest BCUT2D eigenvalue weighted by Crippen LogP contribution is -2.28. The molecule has 0 fully saturated rings. The lowest BCUT2D eigenvalue weighted by atomic mass is 10.0. The van der Waals surface area contributed by atoms with Gasteiger partial charge in [0.2, 0.25) is 0 Å². The third-order valence-corrected chi connectivity index (χ3v) is 5.10. The number of rotatable bonds is 3. The molecule has 0 unspecified atom stereocenters. The topological polar surface area (TPSA) is 21.7 Å². The molecule has 0 bridgehead atoms. The van der Waals surface area contributed by atoms with Crippen LogP contribution in [0.3, 0.4) is 0 Å². The van der Waals surface area contributed by atoms with Crippen LogP contribution in [0.4, 0.5) is 0 Å². The summed E-state index contributed by atoms with van der Waals surface area (Å²) in [7, 11) is 0. The second kappa shape index (κ2) is 7.08. The first-order chi connectivity index (χ1) is 13.4. The molecule has 0 aliphatic carbocycles. The van der Waals surface area contributed by atoms with Gasteiger partial charge in [-0.3, -0.25) is 0 Å². The Bertz CT molecular complexity index is 1110. The molecule has 4 aromatic rings. The van der Waals surface area contributed by atoms with Crippen LogP contribution < -0.4 is 4.57 Å². The molecule has 0 radical (unpaired) electrons. The molecule has 3 nitrogen and oxygen atoms in total. The van der Waals surface area contributed by atoms with Crippen molar-refractivity contribution in [2.75, 3.05) is 0 Å². The van der Waals surface area contributed by atoms with Crippen molar-refractivity contribution in [3.8, 4) is 22.6 Å². The second-order valence-corrected chi connectivity index (χ2v) is 7.76. The van der Waals surface area contributed by atoms with Crippen LogP contribution in [0.2, 0.25) is 0 Å². The van der Waals surface area contributed by atoms with Gasteiger partial charge in [-0.15, -0.1) is 4.98 Å². The van der Waals surface area contributed by atoms with Gasteiger partial charge in [-0.25, -0.2) is 9.13 Å². The number of hydrogen-bond donors (Lipinski definition) is 0. The maximum absolute atomic E-state index is 4.70. The van der Waals surface area contributed by atoms with Crippen LogP contribution in [0.1, 0.15) is 27.8 Å². The summed E-state index contributed by atoms with van der Waals surface area (Å²) in [5.41, 5.74) is 9.98. The van der Waals surface area contributed by atoms with Crippen molar-refractivity contribution >= 4 is 0 Å². The van der Waals surface area contributed by atoms with Gasteiger partial charge in [0.05, 0.1) is 6.20 Å². The molecule has 0 aliphatic heterocycles. The summed E-state index contributed by atoms with van der Waals surface area (Å²) in [5, 5.41) is 0. The van der Waals surface area contributed by atoms with E-state index in [1.807, 2.05) is 6.20 Å². The smallest absolute Gasteiger partial charge is 0.236 e. The first-order valence-electron chi connectivity index (χ1n) is 9.63. The van der Waals surface area contributed by atoms with E-state index in [2.05, 4.69) is 105 Å². The zero-order valence-corrected chi connectivity index (χ0v) is 17.2. The summed E-state index contributed by atoms with van der Waals surface area (Å²) < 4.78 is 4.23. The van der Waals surface area contributed by atoms with Crippen LogP contribution in [-0.2, 0) is 0 Å². The van der Waals surface area contributed by atoms with Gasteiger partial charge in [-0.2, -0.15) is 0 Å². The Balaban J connectivity index is 1.66. The molecule has 3 heteroatoms. The summed E-state index contributed by atoms with van der Waals surface area (Å²) in [6.07, 6.45) is 8.18. The van der Waals surface area contributed by atoms with Crippen molar-refractivity contribution in [1.29, 1.82) is 0 Å². The standard InChI is InChI=1S/C25H26N3/c1-17-10-18(2)14-23(13-17)22-6-7-24(26-15-22)27-8-9-28(16-27)25-20(4)11-19(3)12-21(25)5/h6-16H,1-5H3/q+1. The average molecular weight is 369 g/mol. The Morgan fingerprint density at radius 2 is 1.39 bits per heavy atom. The van der Waals surface area contributed by atoms with E-state index >= 15 is 0 Å². The molecular weight excluding hydrogens is 342 g/mol. The third-order valence-electron chi connectivity index (χ3n) is 5.10. The van der Waals surface area contributed by atoms with Crippen molar-refractivity contribution in [3.05, 3.63) is 95.2 Å². The van der Waals surface area contributed by atoms with Crippen molar-refractivity contribution < 1.29 is 4.57 Å². The highest BCUT2D eigenvalue weighted by molar-refractivity contribution is 5.64. The molecule has 2 aromatic carbocycles. The third kappa shape index (κ3) is 3.48. The largest absolute Gasteiger partial charge is 0.266 e. The molecule has 2 heterocycles. The highest BCUT2D eigenvalue weighted by Gasteiger charge is 2.13. The van der Waals surface area contributed by atoms with E-state index < -0.39 is 0 Å². The van der Waals surface area contributed by atoms with Gasteiger partial charge >= 0.3 is 0 Å². The Labute approximate surface area is 166 Å². The molecule has 28 heavy (non-hydrogen) atoms. The van der Waals surface area contributed by atoms with Crippen molar-refractivity contribution in [2.24, 2.45) is 0 Å². The maximum Gasteiger partial charge on any atom is 0.266 e. The number of imidazole rings is 1. The maximum atomic E-state index is 4.70. The predicted octanol–water partition coefficient (Wildman–Crippen LogP) is 5.36. The monoisotopic (exact) mass is 368 g/mol. The Hall–Kier alpha value is -3.20. The van der Waals surface area contributed by atoms with Gasteiger partial charge in [0.25, 0.3) is 5.82 Å². The van der Waals surface area contributed by atoms with Gasteiger partial charge in [0, 0.05) is 11.6 Å². The van der Waals surface area contributed by atoms with E-state index in [4.69, 9.17) is 4.98 Å². The number of pyridine rings is 1. The number of aryl methyl sites for hydroxylation is 5. The zero-order valence-electron chi connectivity index (χ0n) is 17.2. The summed E-state index contributed by atoms with van der Waals surface area (Å²) in [5.74, 6) is 0.911. The Morgan fingerprint density at radius 3 is 2.00 bits per heavy atom. The molecule has 140 valence electrons. The first-order valence-corrected chi connectivity index (χ1v) is 9.63. The molecular formula is C25H26N3+. The van der Waals surface area contributed by atoms with Gasteiger partial charge in [-0.05, 0) is 57.4 Å². The van der Waals surface area contributed by atoms with E-state index in [1.165, 1.54) is 39.1 Å². The van der Waals surface area contributed by atoms with E-state index in [0.29, 0.717) is 0 Å². The molecule has 0 amide bonds. The number of hydrogen-bond acceptors (Lipinski definition) is 1. The van der Waals surface area contributed by atoms with E-state index in [-0.39, 0.29) is 0 Å². The summed E-state index contributed by atoms with van der Waals surface area (Å²) in [4.78, 5) is 4.70. The van der Waals surface area contributed by atoms with Gasteiger partial charge in [-0.1, -0.05) is 47.0 Å². The molecule has 0 saturated carbocycles. The highest BCUT2D eigenvalue weighted by atomic mass is 15.2.